The van der Waals surface area contributed by atoms with Gasteiger partial charge in [0.25, 0.3) is 0 Å². The Bertz CT molecular complexity index is 1150. The molecule has 0 atom stereocenters. The molecule has 3 heterocycles. The molecule has 2 aromatic heterocycles. The van der Waals surface area contributed by atoms with Crippen molar-refractivity contribution in [2.45, 2.75) is 38.6 Å². The quantitative estimate of drug-likeness (QED) is 0.447. The summed E-state index contributed by atoms with van der Waals surface area (Å²) in [4.78, 5) is 14.9. The Hall–Kier alpha value is -2.73. The van der Waals surface area contributed by atoms with Crippen LogP contribution in [-0.4, -0.2) is 44.6 Å². The molecule has 5 rings (SSSR count). The maximum atomic E-state index is 13.5. The van der Waals surface area contributed by atoms with Crippen LogP contribution in [0, 0.1) is 11.7 Å². The summed E-state index contributed by atoms with van der Waals surface area (Å²) in [5, 5.41) is 0. The van der Waals surface area contributed by atoms with E-state index in [0.717, 1.165) is 40.4 Å². The third-order valence-corrected chi connectivity index (χ3v) is 6.44. The minimum absolute atomic E-state index is 0.258. The lowest BCUT2D eigenvalue weighted by atomic mass is 9.92. The number of imidazole rings is 2. The number of aryl methyl sites for hydroxylation is 1. The highest BCUT2D eigenvalue weighted by Gasteiger charge is 2.16. The van der Waals surface area contributed by atoms with Crippen molar-refractivity contribution in [1.82, 2.24) is 24.4 Å². The lowest BCUT2D eigenvalue weighted by Gasteiger charge is -2.28. The fourth-order valence-electron chi connectivity index (χ4n) is 4.57. The minimum Gasteiger partial charge on any atom is -0.338 e. The van der Waals surface area contributed by atoms with Gasteiger partial charge in [-0.25, -0.2) is 14.4 Å². The summed E-state index contributed by atoms with van der Waals surface area (Å²) in [7, 11) is 2.22. The Morgan fingerprint density at radius 3 is 2.77 bits per heavy atom. The minimum atomic E-state index is -0.258. The third kappa shape index (κ3) is 3.97. The van der Waals surface area contributed by atoms with Crippen LogP contribution in [0.2, 0.25) is 0 Å². The molecule has 0 saturated carbocycles. The smallest absolute Gasteiger partial charge is 0.138 e. The van der Waals surface area contributed by atoms with E-state index in [0.29, 0.717) is 5.52 Å². The van der Waals surface area contributed by atoms with Gasteiger partial charge in [0, 0.05) is 12.1 Å². The molecule has 0 spiro atoms. The first-order chi connectivity index (χ1) is 14.7. The zero-order chi connectivity index (χ0) is 20.5. The molecule has 0 bridgehead atoms. The second-order valence-corrected chi connectivity index (χ2v) is 8.63. The third-order valence-electron chi connectivity index (χ3n) is 6.44. The van der Waals surface area contributed by atoms with Gasteiger partial charge in [-0.15, -0.1) is 0 Å². The number of nitrogens with zero attached hydrogens (tertiary/aromatic N) is 4. The predicted molar refractivity (Wildman–Crippen MR) is 119 cm³/mol. The number of hydrogen-bond acceptors (Lipinski definition) is 3. The van der Waals surface area contributed by atoms with Gasteiger partial charge in [0.15, 0.2) is 0 Å². The highest BCUT2D eigenvalue weighted by Crippen LogP contribution is 2.26. The van der Waals surface area contributed by atoms with E-state index in [2.05, 4.69) is 37.5 Å². The summed E-state index contributed by atoms with van der Waals surface area (Å²) >= 11 is 0. The van der Waals surface area contributed by atoms with Crippen LogP contribution in [0.25, 0.3) is 33.5 Å². The van der Waals surface area contributed by atoms with Gasteiger partial charge in [0.05, 0.1) is 28.4 Å². The Morgan fingerprint density at radius 1 is 1.07 bits per heavy atom. The zero-order valence-corrected chi connectivity index (χ0v) is 17.4. The molecular weight excluding hydrogens is 377 g/mol. The first-order valence-electron chi connectivity index (χ1n) is 10.9. The molecule has 1 N–H and O–H groups in total. The summed E-state index contributed by atoms with van der Waals surface area (Å²) in [6.45, 7) is 3.47. The van der Waals surface area contributed by atoms with E-state index in [1.807, 2.05) is 18.5 Å². The van der Waals surface area contributed by atoms with Gasteiger partial charge < -0.3 is 14.5 Å². The van der Waals surface area contributed by atoms with Crippen LogP contribution in [0.1, 0.15) is 32.1 Å². The number of fused-ring (bicyclic) bond motifs is 2. The topological polar surface area (TPSA) is 49.7 Å². The van der Waals surface area contributed by atoms with Crippen LogP contribution in [0.15, 0.2) is 42.7 Å². The molecule has 1 saturated heterocycles. The summed E-state index contributed by atoms with van der Waals surface area (Å²) in [6.07, 6.45) is 8.40. The molecular formula is C24H28FN5. The van der Waals surface area contributed by atoms with Crippen LogP contribution in [-0.2, 0) is 6.54 Å². The van der Waals surface area contributed by atoms with Crippen LogP contribution in [0.4, 0.5) is 4.39 Å². The predicted octanol–water partition coefficient (Wildman–Crippen LogP) is 5.23. The number of halogens is 1. The highest BCUT2D eigenvalue weighted by molar-refractivity contribution is 5.84. The van der Waals surface area contributed by atoms with Crippen molar-refractivity contribution in [3.63, 3.8) is 0 Å². The van der Waals surface area contributed by atoms with Crippen molar-refractivity contribution in [3.05, 3.63) is 48.5 Å². The fraction of sp³-hybridized carbons (Fsp3) is 0.417. The summed E-state index contributed by atoms with van der Waals surface area (Å²) in [5.41, 5.74) is 4.60. The number of likely N-dealkylation sites (tertiary alicyclic amines) is 1. The monoisotopic (exact) mass is 405 g/mol. The van der Waals surface area contributed by atoms with Gasteiger partial charge in [-0.1, -0.05) is 12.8 Å². The molecule has 0 aliphatic carbocycles. The Balaban J connectivity index is 1.28. The van der Waals surface area contributed by atoms with Gasteiger partial charge in [-0.2, -0.15) is 0 Å². The largest absolute Gasteiger partial charge is 0.338 e. The van der Waals surface area contributed by atoms with E-state index in [-0.39, 0.29) is 5.82 Å². The van der Waals surface area contributed by atoms with Crippen LogP contribution >= 0.6 is 0 Å². The average Bonchev–Trinajstić information content (AvgIpc) is 3.35. The maximum absolute atomic E-state index is 13.5. The molecule has 0 unspecified atom stereocenters. The SMILES string of the molecule is CN1CCC(CCCCn2cnc3ccc(-c4nc5ccc(F)cc5[nH]4)cc32)CC1. The molecule has 1 fully saturated rings. The Kier molecular flexibility index (Phi) is 5.25. The van der Waals surface area contributed by atoms with Gasteiger partial charge in [0.2, 0.25) is 0 Å². The lowest BCUT2D eigenvalue weighted by Crippen LogP contribution is -2.30. The second kappa shape index (κ2) is 8.19. The van der Waals surface area contributed by atoms with E-state index >= 15 is 0 Å². The van der Waals surface area contributed by atoms with Crippen molar-refractivity contribution in [2.24, 2.45) is 5.92 Å². The van der Waals surface area contributed by atoms with Crippen molar-refractivity contribution < 1.29 is 4.39 Å². The first-order valence-corrected chi connectivity index (χ1v) is 10.9. The molecule has 0 radical (unpaired) electrons. The van der Waals surface area contributed by atoms with Gasteiger partial charge >= 0.3 is 0 Å². The number of benzene rings is 2. The van der Waals surface area contributed by atoms with Crippen molar-refractivity contribution in [3.8, 4) is 11.4 Å². The lowest BCUT2D eigenvalue weighted by molar-refractivity contribution is 0.209. The Morgan fingerprint density at radius 2 is 1.90 bits per heavy atom. The van der Waals surface area contributed by atoms with E-state index in [1.165, 1.54) is 57.3 Å². The molecule has 1 aliphatic heterocycles. The van der Waals surface area contributed by atoms with Gasteiger partial charge in [0.1, 0.15) is 11.6 Å². The summed E-state index contributed by atoms with van der Waals surface area (Å²) in [5.74, 6) is 1.39. The van der Waals surface area contributed by atoms with E-state index < -0.39 is 0 Å². The Labute approximate surface area is 175 Å². The van der Waals surface area contributed by atoms with Crippen LogP contribution in [0.5, 0.6) is 0 Å². The summed E-state index contributed by atoms with van der Waals surface area (Å²) in [6, 6.07) is 10.8. The van der Waals surface area contributed by atoms with Gasteiger partial charge in [-0.05, 0) is 81.7 Å². The molecule has 5 nitrogen and oxygen atoms in total. The molecule has 156 valence electrons. The average molecular weight is 406 g/mol. The molecule has 2 aromatic carbocycles. The second-order valence-electron chi connectivity index (χ2n) is 8.63. The number of nitrogens with one attached hydrogen (secondary N) is 1. The van der Waals surface area contributed by atoms with Crippen molar-refractivity contribution in [2.75, 3.05) is 20.1 Å². The summed E-state index contributed by atoms with van der Waals surface area (Å²) < 4.78 is 15.7. The van der Waals surface area contributed by atoms with Crippen molar-refractivity contribution >= 4 is 22.1 Å². The van der Waals surface area contributed by atoms with E-state index in [1.54, 1.807) is 6.07 Å². The fourth-order valence-corrected chi connectivity index (χ4v) is 4.57. The normalized spacial score (nSPS) is 16.1. The molecule has 30 heavy (non-hydrogen) atoms. The zero-order valence-electron chi connectivity index (χ0n) is 17.4. The van der Waals surface area contributed by atoms with Crippen LogP contribution in [0.3, 0.4) is 0 Å². The highest BCUT2D eigenvalue weighted by atomic mass is 19.1. The first kappa shape index (κ1) is 19.2. The molecule has 1 aliphatic rings. The molecule has 4 aromatic rings. The number of aromatic amines is 1. The maximum Gasteiger partial charge on any atom is 0.138 e. The number of unbranched alkanes of at least 4 members (excludes halogenated alkanes) is 1. The van der Waals surface area contributed by atoms with E-state index in [9.17, 15) is 4.39 Å². The number of rotatable bonds is 6. The van der Waals surface area contributed by atoms with Crippen LogP contribution < -0.4 is 0 Å². The van der Waals surface area contributed by atoms with E-state index in [4.69, 9.17) is 0 Å². The number of hydrogen-bond donors (Lipinski definition) is 1. The van der Waals surface area contributed by atoms with Gasteiger partial charge in [-0.3, -0.25) is 0 Å². The number of H-pyrrole nitrogens is 1. The standard InChI is InChI=1S/C24H28FN5/c1-29-12-9-17(10-13-29)4-2-3-11-30-16-26-21-7-5-18(14-23(21)30)24-27-20-8-6-19(25)15-22(20)28-24/h5-8,14-17H,2-4,9-13H2,1H3,(H,27,28). The molecule has 0 amide bonds. The molecule has 6 heteroatoms. The number of aromatic nitrogens is 4. The van der Waals surface area contributed by atoms with Crippen molar-refractivity contribution in [1.29, 1.82) is 0 Å². The number of piperidine rings is 1.